The van der Waals surface area contributed by atoms with Gasteiger partial charge in [0.25, 0.3) is 5.91 Å². The number of carbonyl (C=O) groups is 2. The molecule has 0 radical (unpaired) electrons. The number of ether oxygens (including phenoxy) is 1. The van der Waals surface area contributed by atoms with Crippen molar-refractivity contribution in [2.24, 2.45) is 0 Å². The molecule has 5 nitrogen and oxygen atoms in total. The van der Waals surface area contributed by atoms with Crippen LogP contribution in [-0.4, -0.2) is 35.9 Å². The van der Waals surface area contributed by atoms with Crippen LogP contribution in [0.1, 0.15) is 24.5 Å². The molecule has 3 aromatic rings. The van der Waals surface area contributed by atoms with E-state index in [4.69, 9.17) is 27.9 Å². The molecule has 184 valence electrons. The Hall–Kier alpha value is -2.29. The summed E-state index contributed by atoms with van der Waals surface area (Å²) in [5.74, 6) is 0.0730. The average Bonchev–Trinajstić information content (AvgIpc) is 2.86. The molecule has 0 saturated carbocycles. The van der Waals surface area contributed by atoms with Gasteiger partial charge in [-0.3, -0.25) is 9.59 Å². The third-order valence-corrected chi connectivity index (χ3v) is 6.79. The number of amides is 2. The Morgan fingerprint density at radius 1 is 0.971 bits per heavy atom. The van der Waals surface area contributed by atoms with Crippen LogP contribution in [0, 0.1) is 3.57 Å². The first-order valence-electron chi connectivity index (χ1n) is 11.3. The molecule has 2 amide bonds. The average molecular weight is 625 g/mol. The van der Waals surface area contributed by atoms with E-state index in [2.05, 4.69) is 27.9 Å². The number of nitrogens with one attached hydrogen (secondary N) is 1. The molecule has 8 heteroatoms. The molecule has 0 aliphatic rings. The van der Waals surface area contributed by atoms with Crippen molar-refractivity contribution in [2.45, 2.75) is 32.4 Å². The fraction of sp³-hybridized carbons (Fsp3) is 0.259. The highest BCUT2D eigenvalue weighted by Crippen LogP contribution is 2.24. The Morgan fingerprint density at radius 2 is 1.69 bits per heavy atom. The van der Waals surface area contributed by atoms with Crippen LogP contribution in [0.3, 0.4) is 0 Å². The maximum atomic E-state index is 13.5. The molecule has 0 unspecified atom stereocenters. The Morgan fingerprint density at radius 3 is 2.34 bits per heavy atom. The van der Waals surface area contributed by atoms with Gasteiger partial charge in [-0.05, 0) is 76.5 Å². The number of rotatable bonds is 11. The van der Waals surface area contributed by atoms with Crippen molar-refractivity contribution in [1.29, 1.82) is 0 Å². The summed E-state index contributed by atoms with van der Waals surface area (Å²) in [6.07, 6.45) is 1.16. The second kappa shape index (κ2) is 13.7. The van der Waals surface area contributed by atoms with Crippen LogP contribution >= 0.6 is 45.8 Å². The lowest BCUT2D eigenvalue weighted by Gasteiger charge is -2.31. The van der Waals surface area contributed by atoms with E-state index in [0.717, 1.165) is 21.1 Å². The number of hydrogen-bond acceptors (Lipinski definition) is 3. The van der Waals surface area contributed by atoms with Crippen LogP contribution in [0.15, 0.2) is 72.8 Å². The van der Waals surface area contributed by atoms with Crippen LogP contribution in [-0.2, 0) is 22.6 Å². The van der Waals surface area contributed by atoms with E-state index in [0.29, 0.717) is 28.8 Å². The monoisotopic (exact) mass is 624 g/mol. The molecule has 0 spiro atoms. The van der Waals surface area contributed by atoms with Gasteiger partial charge in [0, 0.05) is 23.1 Å². The summed E-state index contributed by atoms with van der Waals surface area (Å²) in [5, 5.41) is 3.77. The Kier molecular flexibility index (Phi) is 10.7. The van der Waals surface area contributed by atoms with Crippen LogP contribution in [0.5, 0.6) is 5.75 Å². The highest BCUT2D eigenvalue weighted by Gasteiger charge is 2.30. The van der Waals surface area contributed by atoms with Gasteiger partial charge in [-0.2, -0.15) is 0 Å². The summed E-state index contributed by atoms with van der Waals surface area (Å²) >= 11 is 14.5. The van der Waals surface area contributed by atoms with Crippen molar-refractivity contribution < 1.29 is 14.3 Å². The Bertz CT molecular complexity index is 1130. The number of carbonyl (C=O) groups excluding carboxylic acids is 2. The van der Waals surface area contributed by atoms with Crippen molar-refractivity contribution in [2.75, 3.05) is 13.2 Å². The predicted octanol–water partition coefficient (Wildman–Crippen LogP) is 6.14. The molecule has 0 aliphatic carbocycles. The maximum Gasteiger partial charge on any atom is 0.261 e. The van der Waals surface area contributed by atoms with Crippen molar-refractivity contribution in [3.8, 4) is 5.75 Å². The van der Waals surface area contributed by atoms with Gasteiger partial charge in [0.2, 0.25) is 5.91 Å². The van der Waals surface area contributed by atoms with Crippen molar-refractivity contribution in [1.82, 2.24) is 10.2 Å². The molecule has 0 bridgehead atoms. The van der Waals surface area contributed by atoms with Gasteiger partial charge < -0.3 is 15.0 Å². The van der Waals surface area contributed by atoms with E-state index in [9.17, 15) is 9.59 Å². The second-order valence-corrected chi connectivity index (χ2v) is 10.1. The molecule has 3 aromatic carbocycles. The first-order chi connectivity index (χ1) is 16.9. The fourth-order valence-corrected chi connectivity index (χ4v) is 4.19. The highest BCUT2D eigenvalue weighted by atomic mass is 127. The van der Waals surface area contributed by atoms with Crippen molar-refractivity contribution >= 4 is 57.6 Å². The lowest BCUT2D eigenvalue weighted by molar-refractivity contribution is -0.142. The van der Waals surface area contributed by atoms with Crippen molar-refractivity contribution in [3.63, 3.8) is 0 Å². The molecule has 3 rings (SSSR count). The normalized spacial score (nSPS) is 11.5. The Balaban J connectivity index is 1.90. The molecular weight excluding hydrogens is 598 g/mol. The zero-order valence-electron chi connectivity index (χ0n) is 19.3. The summed E-state index contributed by atoms with van der Waals surface area (Å²) < 4.78 is 6.84. The van der Waals surface area contributed by atoms with Gasteiger partial charge in [-0.25, -0.2) is 0 Å². The first kappa shape index (κ1) is 27.3. The summed E-state index contributed by atoms with van der Waals surface area (Å²) in [5.41, 5.74) is 1.72. The van der Waals surface area contributed by atoms with E-state index in [1.807, 2.05) is 61.5 Å². The molecular formula is C27H27Cl2IN2O3. The van der Waals surface area contributed by atoms with E-state index >= 15 is 0 Å². The SMILES string of the molecule is CCCNC(=O)[C@@H](Cc1ccccc1)N(Cc1ccc(Cl)c(Cl)c1)C(=O)COc1ccc(I)cc1. The molecule has 1 N–H and O–H groups in total. The van der Waals surface area contributed by atoms with Gasteiger partial charge in [-0.1, -0.05) is 66.5 Å². The van der Waals surface area contributed by atoms with E-state index in [-0.39, 0.29) is 25.0 Å². The molecule has 35 heavy (non-hydrogen) atoms. The topological polar surface area (TPSA) is 58.6 Å². The molecule has 0 aliphatic heterocycles. The number of nitrogens with zero attached hydrogens (tertiary/aromatic N) is 1. The minimum absolute atomic E-state index is 0.183. The molecule has 0 aromatic heterocycles. The third kappa shape index (κ3) is 8.40. The summed E-state index contributed by atoms with van der Waals surface area (Å²) in [6, 6.07) is 21.6. The number of halogens is 3. The summed E-state index contributed by atoms with van der Waals surface area (Å²) in [6.45, 7) is 2.50. The van der Waals surface area contributed by atoms with Crippen LogP contribution in [0.25, 0.3) is 0 Å². The standard InChI is InChI=1S/C27H27Cl2IN2O3/c1-2-14-31-27(34)25(16-19-6-4-3-5-7-19)32(17-20-8-13-23(28)24(29)15-20)26(33)18-35-22-11-9-21(30)10-12-22/h3-13,15,25H,2,14,16-18H2,1H3,(H,31,34)/t25-/m1/s1. The maximum absolute atomic E-state index is 13.5. The number of hydrogen-bond donors (Lipinski definition) is 1. The first-order valence-corrected chi connectivity index (χ1v) is 13.1. The van der Waals surface area contributed by atoms with E-state index in [1.165, 1.54) is 0 Å². The largest absolute Gasteiger partial charge is 0.484 e. The van der Waals surface area contributed by atoms with Gasteiger partial charge in [0.05, 0.1) is 10.0 Å². The molecule has 0 heterocycles. The van der Waals surface area contributed by atoms with Crippen LogP contribution in [0.4, 0.5) is 0 Å². The fourth-order valence-electron chi connectivity index (χ4n) is 3.51. The van der Waals surface area contributed by atoms with Gasteiger partial charge >= 0.3 is 0 Å². The minimum Gasteiger partial charge on any atom is -0.484 e. The summed E-state index contributed by atoms with van der Waals surface area (Å²) in [4.78, 5) is 28.4. The Labute approximate surface area is 229 Å². The lowest BCUT2D eigenvalue weighted by Crippen LogP contribution is -2.51. The van der Waals surface area contributed by atoms with Gasteiger partial charge in [0.15, 0.2) is 6.61 Å². The number of benzene rings is 3. The highest BCUT2D eigenvalue weighted by molar-refractivity contribution is 14.1. The van der Waals surface area contributed by atoms with Gasteiger partial charge in [0.1, 0.15) is 11.8 Å². The van der Waals surface area contributed by atoms with Gasteiger partial charge in [-0.15, -0.1) is 0 Å². The quantitative estimate of drug-likeness (QED) is 0.261. The second-order valence-electron chi connectivity index (χ2n) is 8.01. The smallest absolute Gasteiger partial charge is 0.261 e. The third-order valence-electron chi connectivity index (χ3n) is 5.33. The molecule has 0 saturated heterocycles. The zero-order chi connectivity index (χ0) is 25.2. The molecule has 0 fully saturated rings. The lowest BCUT2D eigenvalue weighted by atomic mass is 10.0. The molecule has 1 atom stereocenters. The van der Waals surface area contributed by atoms with E-state index < -0.39 is 6.04 Å². The summed E-state index contributed by atoms with van der Waals surface area (Å²) in [7, 11) is 0. The van der Waals surface area contributed by atoms with Crippen molar-refractivity contribution in [3.05, 3.63) is 97.5 Å². The van der Waals surface area contributed by atoms with E-state index in [1.54, 1.807) is 23.1 Å². The van der Waals surface area contributed by atoms with Crippen LogP contribution < -0.4 is 10.1 Å². The predicted molar refractivity (Wildman–Crippen MR) is 149 cm³/mol. The minimum atomic E-state index is -0.730. The van der Waals surface area contributed by atoms with Crippen LogP contribution in [0.2, 0.25) is 10.0 Å². The zero-order valence-corrected chi connectivity index (χ0v) is 23.0.